The average molecular weight is 652 g/mol. The molecular weight excluding hydrogens is 617 g/mol. The molecule has 14 heteroatoms. The molecule has 0 aromatic carbocycles. The predicted octanol–water partition coefficient (Wildman–Crippen LogP) is 6.68. The minimum atomic E-state index is -9.27. The van der Waals surface area contributed by atoms with Gasteiger partial charge in [-0.1, -0.05) is 0 Å². The molecule has 3 nitrogen and oxygen atoms in total. The number of alkyl halides is 9. The summed E-state index contributed by atoms with van der Waals surface area (Å²) in [5.41, 5.74) is -4.66. The van der Waals surface area contributed by atoms with Crippen molar-refractivity contribution < 1.29 is 56.7 Å². The molecule has 0 saturated carbocycles. The number of halogens is 9. The number of rotatable bonds is 5. The van der Waals surface area contributed by atoms with Crippen LogP contribution in [0.1, 0.15) is 68.7 Å². The van der Waals surface area contributed by atoms with Crippen LogP contribution in [0.5, 0.6) is 0 Å². The van der Waals surface area contributed by atoms with Crippen LogP contribution in [0, 0.1) is 0 Å². The second-order valence-corrected chi connectivity index (χ2v) is 50.2. The third kappa shape index (κ3) is 5.53. The van der Waals surface area contributed by atoms with Crippen LogP contribution in [-0.4, -0.2) is 41.1 Å². The molecule has 0 saturated heterocycles. The Labute approximate surface area is 197 Å². The normalized spacial score (nSPS) is 18.6. The van der Waals surface area contributed by atoms with Crippen LogP contribution in [0.4, 0.5) is 39.5 Å². The first kappa shape index (κ1) is 32.2. The fourth-order valence-electron chi connectivity index (χ4n) is 5.26. The van der Waals surface area contributed by atoms with Gasteiger partial charge in [0.1, 0.15) is 0 Å². The first-order valence-electron chi connectivity index (χ1n) is 10.7. The van der Waals surface area contributed by atoms with Crippen LogP contribution < -0.4 is 9.78 Å². The van der Waals surface area contributed by atoms with E-state index >= 15 is 39.5 Å². The second kappa shape index (κ2) is 8.87. The van der Waals surface area contributed by atoms with E-state index in [1.165, 1.54) is 74.5 Å². The summed E-state index contributed by atoms with van der Waals surface area (Å²) in [6.07, 6.45) is 3.05. The molecule has 0 aliphatic heterocycles. The van der Waals surface area contributed by atoms with E-state index in [-0.39, 0.29) is 0 Å². The van der Waals surface area contributed by atoms with Gasteiger partial charge >= 0.3 is 198 Å². The molecule has 34 heavy (non-hydrogen) atoms. The summed E-state index contributed by atoms with van der Waals surface area (Å²) in [7, 11) is -9.27. The molecule has 0 unspecified atom stereocenters. The zero-order valence-corrected chi connectivity index (χ0v) is 25.4. The Morgan fingerprint density at radius 1 is 0.618 bits per heavy atom. The first-order chi connectivity index (χ1) is 14.6. The maximum absolute atomic E-state index is 15.0. The van der Waals surface area contributed by atoms with E-state index in [1.807, 2.05) is 0 Å². The van der Waals surface area contributed by atoms with E-state index in [4.69, 9.17) is 0 Å². The van der Waals surface area contributed by atoms with Crippen molar-refractivity contribution in [1.82, 2.24) is 9.78 Å². The summed E-state index contributed by atoms with van der Waals surface area (Å²) in [4.78, 5) is 0. The van der Waals surface area contributed by atoms with Gasteiger partial charge in [0, 0.05) is 0 Å². The quantitative estimate of drug-likeness (QED) is 0.229. The standard InChI is InChI=1S/C5H5.3C4H10N.C3F9Ge.Zr/c1-2-4-5-3-1;3*1-4(2,3)5;4-1(5,6)13(2(7,8)9)3(10,11)12;/h1-3H,4H2;3*5H,1-3H3;;/q;3*-1;;+3. The van der Waals surface area contributed by atoms with Gasteiger partial charge in [-0.25, -0.2) is 0 Å². The molecule has 0 atom stereocenters. The van der Waals surface area contributed by atoms with Crippen LogP contribution in [0.3, 0.4) is 0 Å². The van der Waals surface area contributed by atoms with Crippen LogP contribution in [0.25, 0.3) is 0 Å². The molecule has 1 aliphatic carbocycles. The first-order valence-corrected chi connectivity index (χ1v) is 26.2. The Morgan fingerprint density at radius 3 is 1.09 bits per heavy atom. The van der Waals surface area contributed by atoms with Gasteiger partial charge in [-0.3, -0.25) is 0 Å². The fourth-order valence-corrected chi connectivity index (χ4v) is 79.4. The third-order valence-corrected chi connectivity index (χ3v) is 65.8. The van der Waals surface area contributed by atoms with Crippen molar-refractivity contribution in [2.45, 2.75) is 100 Å². The monoisotopic (exact) mass is 652 g/mol. The SMILES string of the molecule is CC(C)(C)[NH][Zr]([NH]C(C)(C)C)([NH]C(C)(C)C)([C]1=CC=CC1)[Ge]([C](F)(F)F)([C](F)(F)F)[C](F)(F)F. The van der Waals surface area contributed by atoms with Gasteiger partial charge in [0.25, 0.3) is 0 Å². The second-order valence-electron chi connectivity index (χ2n) is 11.9. The zero-order chi connectivity index (χ0) is 27.5. The Bertz CT molecular complexity index is 744. The third-order valence-electron chi connectivity index (χ3n) is 5.31. The van der Waals surface area contributed by atoms with Gasteiger partial charge in [-0.05, 0) is 0 Å². The molecule has 0 spiro atoms. The molecule has 1 aliphatic rings. The van der Waals surface area contributed by atoms with Gasteiger partial charge < -0.3 is 0 Å². The maximum atomic E-state index is 15.0. The van der Waals surface area contributed by atoms with E-state index in [9.17, 15) is 0 Å². The molecule has 0 bridgehead atoms. The summed E-state index contributed by atoms with van der Waals surface area (Å²) in [6, 6.07) is 0. The number of hydrogen-bond acceptors (Lipinski definition) is 3. The van der Waals surface area contributed by atoms with Gasteiger partial charge in [0.05, 0.1) is 0 Å². The van der Waals surface area contributed by atoms with Crippen LogP contribution in [0.2, 0.25) is 0 Å². The molecule has 0 aromatic heterocycles. The van der Waals surface area contributed by atoms with Crippen molar-refractivity contribution in [2.24, 2.45) is 0 Å². The summed E-state index contributed by atoms with van der Waals surface area (Å²) >= 11 is -8.07. The Hall–Kier alpha value is 0.156. The molecule has 1 rings (SSSR count). The van der Waals surface area contributed by atoms with Crippen molar-refractivity contribution >= 4 is 9.48 Å². The minimum absolute atomic E-state index is 0.463. The van der Waals surface area contributed by atoms with Crippen molar-refractivity contribution in [1.29, 1.82) is 0 Å². The van der Waals surface area contributed by atoms with Gasteiger partial charge in [0.15, 0.2) is 0 Å². The van der Waals surface area contributed by atoms with Gasteiger partial charge in [-0.2, -0.15) is 0 Å². The molecule has 201 valence electrons. The summed E-state index contributed by atoms with van der Waals surface area (Å²) in [5.74, 6) is 0. The van der Waals surface area contributed by atoms with Gasteiger partial charge in [-0.15, -0.1) is 0 Å². The van der Waals surface area contributed by atoms with E-state index in [0.29, 0.717) is 0 Å². The number of nitrogens with one attached hydrogen (secondary N) is 3. The summed E-state index contributed by atoms with van der Waals surface area (Å²) < 4.78 is 142. The van der Waals surface area contributed by atoms with Crippen molar-refractivity contribution in [3.05, 3.63) is 21.5 Å². The summed E-state index contributed by atoms with van der Waals surface area (Å²) in [5, 5.41) is -19.8. The Morgan fingerprint density at radius 2 is 0.912 bits per heavy atom. The van der Waals surface area contributed by atoms with Crippen molar-refractivity contribution in [2.75, 3.05) is 0 Å². The van der Waals surface area contributed by atoms with Crippen LogP contribution in [0.15, 0.2) is 21.5 Å². The van der Waals surface area contributed by atoms with E-state index in [2.05, 4.69) is 9.78 Å². The van der Waals surface area contributed by atoms with E-state index in [0.717, 1.165) is 6.08 Å². The van der Waals surface area contributed by atoms with Gasteiger partial charge in [0.2, 0.25) is 0 Å². The molecule has 0 radical (unpaired) electrons. The summed E-state index contributed by atoms with van der Waals surface area (Å²) in [6.45, 7) is 11.6. The fraction of sp³-hybridized carbons (Fsp3) is 0.800. The Kier molecular flexibility index (Phi) is 8.40. The van der Waals surface area contributed by atoms with E-state index in [1.54, 1.807) is 0 Å². The van der Waals surface area contributed by atoms with E-state index < -0.39 is 68.0 Å². The van der Waals surface area contributed by atoms with Crippen LogP contribution >= 0.6 is 0 Å². The number of allylic oxidation sites excluding steroid dienone is 4. The zero-order valence-electron chi connectivity index (χ0n) is 20.8. The molecule has 0 heterocycles. The van der Waals surface area contributed by atoms with Crippen LogP contribution in [-0.2, 0) is 17.1 Å². The average Bonchev–Trinajstić information content (AvgIpc) is 2.89. The molecule has 0 fully saturated rings. The predicted molar refractivity (Wildman–Crippen MR) is 114 cm³/mol. The topological polar surface area (TPSA) is 36.1 Å². The molecule has 0 amide bonds. The number of hydrogen-bond donors (Lipinski definition) is 3. The Balaban J connectivity index is 4.79. The van der Waals surface area contributed by atoms with Crippen molar-refractivity contribution in [3.63, 3.8) is 0 Å². The molecule has 3 N–H and O–H groups in total. The molecular formula is C20H35F9GeN3Zr. The molecule has 0 aromatic rings. The van der Waals surface area contributed by atoms with Crippen molar-refractivity contribution in [3.8, 4) is 0 Å².